The molecule has 0 spiro atoms. The van der Waals surface area contributed by atoms with Crippen LogP contribution >= 0.6 is 23.2 Å². The molecule has 2 aromatic rings. The van der Waals surface area contributed by atoms with Crippen LogP contribution in [-0.2, 0) is 0 Å². The molecule has 1 aliphatic rings. The average molecular weight is 263 g/mol. The molecule has 0 saturated heterocycles. The summed E-state index contributed by atoms with van der Waals surface area (Å²) in [5.41, 5.74) is 1.49. The molecule has 0 aromatic heterocycles. The van der Waals surface area contributed by atoms with Crippen molar-refractivity contribution in [2.24, 2.45) is 0 Å². The number of rotatable bonds is 0. The molecule has 3 heteroatoms. The van der Waals surface area contributed by atoms with Gasteiger partial charge in [-0.25, -0.2) is 0 Å². The number of allylic oxidation sites excluding steroid dienone is 1. The first kappa shape index (κ1) is 10.8. The number of alkyl halides is 1. The highest BCUT2D eigenvalue weighted by Crippen LogP contribution is 2.32. The Bertz CT molecular complexity index is 658. The van der Waals surface area contributed by atoms with E-state index < -0.39 is 5.38 Å². The van der Waals surface area contributed by atoms with E-state index in [-0.39, 0.29) is 5.78 Å². The van der Waals surface area contributed by atoms with E-state index in [2.05, 4.69) is 0 Å². The van der Waals surface area contributed by atoms with Gasteiger partial charge in [0.15, 0.2) is 5.78 Å². The van der Waals surface area contributed by atoms with E-state index in [0.29, 0.717) is 10.6 Å². The third-order valence-corrected chi connectivity index (χ3v) is 3.82. The van der Waals surface area contributed by atoms with Crippen LogP contribution in [0, 0.1) is 0 Å². The van der Waals surface area contributed by atoms with E-state index >= 15 is 0 Å². The molecule has 1 nitrogen and oxygen atoms in total. The van der Waals surface area contributed by atoms with Gasteiger partial charge in [-0.15, -0.1) is 11.6 Å². The molecule has 0 saturated carbocycles. The van der Waals surface area contributed by atoms with Crippen LogP contribution in [0.3, 0.4) is 0 Å². The lowest BCUT2D eigenvalue weighted by atomic mass is 9.92. The molecule has 0 aliphatic heterocycles. The first-order valence-corrected chi connectivity index (χ1v) is 6.06. The van der Waals surface area contributed by atoms with Crippen molar-refractivity contribution in [2.45, 2.75) is 5.38 Å². The summed E-state index contributed by atoms with van der Waals surface area (Å²) in [5.74, 6) is -0.125. The maximum Gasteiger partial charge on any atom is 0.186 e. The van der Waals surface area contributed by atoms with Crippen LogP contribution in [0.2, 0.25) is 0 Å². The van der Waals surface area contributed by atoms with Crippen molar-refractivity contribution in [3.63, 3.8) is 0 Å². The van der Waals surface area contributed by atoms with Crippen LogP contribution < -0.4 is 0 Å². The van der Waals surface area contributed by atoms with Gasteiger partial charge in [0, 0.05) is 10.6 Å². The van der Waals surface area contributed by atoms with Crippen LogP contribution in [0.4, 0.5) is 0 Å². The number of fused-ring (bicyclic) bond motifs is 2. The molecule has 1 atom stereocenters. The SMILES string of the molecule is O=C1c2cc3ccccc3cc2C=C(Cl)C1Cl. The lowest BCUT2D eigenvalue weighted by Crippen LogP contribution is -2.19. The molecule has 0 radical (unpaired) electrons. The largest absolute Gasteiger partial charge is 0.292 e. The van der Waals surface area contributed by atoms with Crippen molar-refractivity contribution in [3.8, 4) is 0 Å². The Labute approximate surface area is 109 Å². The number of benzene rings is 2. The number of halogens is 2. The van der Waals surface area contributed by atoms with E-state index in [4.69, 9.17) is 23.2 Å². The summed E-state index contributed by atoms with van der Waals surface area (Å²) in [6, 6.07) is 11.7. The number of hydrogen-bond donors (Lipinski definition) is 0. The van der Waals surface area contributed by atoms with Gasteiger partial charge in [-0.1, -0.05) is 35.9 Å². The normalized spacial score (nSPS) is 19.1. The monoisotopic (exact) mass is 262 g/mol. The molecule has 3 rings (SSSR count). The number of hydrogen-bond acceptors (Lipinski definition) is 1. The summed E-state index contributed by atoms with van der Waals surface area (Å²) in [5, 5.41) is 1.77. The van der Waals surface area contributed by atoms with E-state index in [9.17, 15) is 4.79 Å². The van der Waals surface area contributed by atoms with Gasteiger partial charge in [-0.3, -0.25) is 4.79 Å². The topological polar surface area (TPSA) is 17.1 Å². The summed E-state index contributed by atoms with van der Waals surface area (Å²) in [4.78, 5) is 12.0. The lowest BCUT2D eigenvalue weighted by Gasteiger charge is -2.17. The van der Waals surface area contributed by atoms with Crippen molar-refractivity contribution >= 4 is 45.8 Å². The van der Waals surface area contributed by atoms with E-state index in [0.717, 1.165) is 16.3 Å². The van der Waals surface area contributed by atoms with Gasteiger partial charge in [0.05, 0.1) is 0 Å². The fraction of sp³-hybridized carbons (Fsp3) is 0.0714. The Kier molecular flexibility index (Phi) is 2.46. The Morgan fingerprint density at radius 2 is 1.71 bits per heavy atom. The van der Waals surface area contributed by atoms with E-state index in [1.165, 1.54) is 0 Å². The Balaban J connectivity index is 2.34. The van der Waals surface area contributed by atoms with Gasteiger partial charge < -0.3 is 0 Å². The average Bonchev–Trinajstić information content (AvgIpc) is 2.34. The minimum Gasteiger partial charge on any atom is -0.292 e. The van der Waals surface area contributed by atoms with Crippen molar-refractivity contribution in [1.82, 2.24) is 0 Å². The third kappa shape index (κ3) is 1.67. The standard InChI is InChI=1S/C14H8Cl2O/c15-12-7-10-5-8-3-1-2-4-9(8)6-11(10)14(17)13(12)16/h1-7,13H. The highest BCUT2D eigenvalue weighted by Gasteiger charge is 2.27. The number of ketones is 1. The van der Waals surface area contributed by atoms with Crippen LogP contribution in [0.5, 0.6) is 0 Å². The summed E-state index contributed by atoms with van der Waals surface area (Å²) < 4.78 is 0. The molecule has 2 aromatic carbocycles. The Hall–Kier alpha value is -1.31. The molecular formula is C14H8Cl2O. The lowest BCUT2D eigenvalue weighted by molar-refractivity contribution is 0.0997. The quantitative estimate of drug-likeness (QED) is 0.650. The summed E-state index contributed by atoms with van der Waals surface area (Å²) in [6.45, 7) is 0. The Morgan fingerprint density at radius 3 is 2.41 bits per heavy atom. The van der Waals surface area contributed by atoms with Gasteiger partial charge in [0.25, 0.3) is 0 Å². The summed E-state index contributed by atoms with van der Waals surface area (Å²) in [7, 11) is 0. The molecule has 0 fully saturated rings. The molecule has 0 amide bonds. The summed E-state index contributed by atoms with van der Waals surface area (Å²) >= 11 is 11.9. The minimum atomic E-state index is -0.745. The number of Topliss-reactive ketones (excluding diaryl/α,β-unsaturated/α-hetero) is 1. The Morgan fingerprint density at radius 1 is 1.06 bits per heavy atom. The molecule has 1 aliphatic carbocycles. The van der Waals surface area contributed by atoms with Crippen LogP contribution in [0.1, 0.15) is 15.9 Å². The second kappa shape index (κ2) is 3.86. The zero-order valence-corrected chi connectivity index (χ0v) is 10.3. The molecule has 1 unspecified atom stereocenters. The van der Waals surface area contributed by atoms with Crippen molar-refractivity contribution in [3.05, 3.63) is 52.6 Å². The van der Waals surface area contributed by atoms with Gasteiger partial charge in [0.1, 0.15) is 5.38 Å². The highest BCUT2D eigenvalue weighted by atomic mass is 35.5. The van der Waals surface area contributed by atoms with Gasteiger partial charge in [-0.05, 0) is 34.5 Å². The van der Waals surface area contributed by atoms with E-state index in [1.54, 1.807) is 6.08 Å². The number of carbonyl (C=O) groups is 1. The number of carbonyl (C=O) groups excluding carboxylic acids is 1. The van der Waals surface area contributed by atoms with Crippen LogP contribution in [-0.4, -0.2) is 11.2 Å². The van der Waals surface area contributed by atoms with Gasteiger partial charge in [0.2, 0.25) is 0 Å². The van der Waals surface area contributed by atoms with Crippen molar-refractivity contribution < 1.29 is 4.79 Å². The molecule has 0 heterocycles. The maximum absolute atomic E-state index is 12.0. The summed E-state index contributed by atoms with van der Waals surface area (Å²) in [6.07, 6.45) is 1.77. The molecule has 84 valence electrons. The van der Waals surface area contributed by atoms with Gasteiger partial charge in [-0.2, -0.15) is 0 Å². The highest BCUT2D eigenvalue weighted by molar-refractivity contribution is 6.47. The van der Waals surface area contributed by atoms with E-state index in [1.807, 2.05) is 36.4 Å². The first-order chi connectivity index (χ1) is 8.16. The fourth-order valence-corrected chi connectivity index (χ4v) is 2.47. The smallest absolute Gasteiger partial charge is 0.186 e. The van der Waals surface area contributed by atoms with Gasteiger partial charge >= 0.3 is 0 Å². The minimum absolute atomic E-state index is 0.125. The predicted octanol–water partition coefficient (Wildman–Crippen LogP) is 4.22. The van der Waals surface area contributed by atoms with Crippen molar-refractivity contribution in [2.75, 3.05) is 0 Å². The van der Waals surface area contributed by atoms with Crippen LogP contribution in [0.25, 0.3) is 16.8 Å². The van der Waals surface area contributed by atoms with Crippen molar-refractivity contribution in [1.29, 1.82) is 0 Å². The second-order valence-corrected chi connectivity index (χ2v) is 4.92. The molecule has 0 bridgehead atoms. The predicted molar refractivity (Wildman–Crippen MR) is 71.7 cm³/mol. The third-order valence-electron chi connectivity index (χ3n) is 2.95. The fourth-order valence-electron chi connectivity index (χ4n) is 2.07. The maximum atomic E-state index is 12.0. The zero-order valence-electron chi connectivity index (χ0n) is 8.78. The molecule has 17 heavy (non-hydrogen) atoms. The molecule has 0 N–H and O–H groups in total. The second-order valence-electron chi connectivity index (χ2n) is 4.04. The zero-order chi connectivity index (χ0) is 12.0. The van der Waals surface area contributed by atoms with Crippen LogP contribution in [0.15, 0.2) is 41.4 Å². The molecular weight excluding hydrogens is 255 g/mol. The first-order valence-electron chi connectivity index (χ1n) is 5.25.